The van der Waals surface area contributed by atoms with Gasteiger partial charge in [0.1, 0.15) is 0 Å². The number of hydrogen-bond donors (Lipinski definition) is 3. The number of carboxylic acids is 1. The van der Waals surface area contributed by atoms with Crippen LogP contribution in [0.4, 0.5) is 4.79 Å². The number of aliphatic carboxylic acids is 1. The Labute approximate surface area is 82.9 Å². The van der Waals surface area contributed by atoms with Crippen molar-refractivity contribution < 1.29 is 14.7 Å². The summed E-state index contributed by atoms with van der Waals surface area (Å²) in [6, 6.07) is -0.357. The molecule has 5 heteroatoms. The fourth-order valence-corrected chi connectivity index (χ4v) is 0.709. The molecule has 0 aromatic rings. The second kappa shape index (κ2) is 7.92. The molecule has 2 amide bonds. The maximum Gasteiger partial charge on any atom is 0.314 e. The Morgan fingerprint density at radius 2 is 1.93 bits per heavy atom. The van der Waals surface area contributed by atoms with Crippen molar-refractivity contribution in [3.8, 4) is 11.8 Å². The van der Waals surface area contributed by atoms with Crippen molar-refractivity contribution in [1.82, 2.24) is 10.6 Å². The van der Waals surface area contributed by atoms with E-state index in [4.69, 9.17) is 5.11 Å². The highest BCUT2D eigenvalue weighted by atomic mass is 16.4. The molecule has 0 atom stereocenters. The molecule has 0 radical (unpaired) electrons. The molecular formula is C9H14N2O3. The lowest BCUT2D eigenvalue weighted by Gasteiger charge is -2.03. The molecule has 0 unspecified atom stereocenters. The largest absolute Gasteiger partial charge is 0.481 e. The monoisotopic (exact) mass is 198 g/mol. The lowest BCUT2D eigenvalue weighted by Crippen LogP contribution is -2.36. The molecule has 78 valence electrons. The van der Waals surface area contributed by atoms with Crippen LogP contribution in [0.1, 0.15) is 19.8 Å². The molecule has 0 bridgehead atoms. The van der Waals surface area contributed by atoms with Crippen LogP contribution in [0, 0.1) is 11.8 Å². The van der Waals surface area contributed by atoms with E-state index >= 15 is 0 Å². The summed E-state index contributed by atoms with van der Waals surface area (Å²) in [5.41, 5.74) is 0. The van der Waals surface area contributed by atoms with Gasteiger partial charge in [-0.3, -0.25) is 4.79 Å². The molecule has 0 saturated heterocycles. The van der Waals surface area contributed by atoms with E-state index in [1.54, 1.807) is 6.92 Å². The number of carbonyl (C=O) groups is 2. The Kier molecular flexibility index (Phi) is 6.96. The van der Waals surface area contributed by atoms with E-state index in [2.05, 4.69) is 22.5 Å². The summed E-state index contributed by atoms with van der Waals surface area (Å²) in [6.07, 6.45) is 0.533. The number of carboxylic acid groups (broad SMARTS) is 1. The molecule has 0 fully saturated rings. The maximum absolute atomic E-state index is 10.9. The summed E-state index contributed by atoms with van der Waals surface area (Å²) in [5.74, 6) is 4.56. The number of urea groups is 1. The second-order valence-electron chi connectivity index (χ2n) is 2.50. The minimum absolute atomic E-state index is 0.0673. The first-order valence-electron chi connectivity index (χ1n) is 4.30. The van der Waals surface area contributed by atoms with Gasteiger partial charge in [-0.05, 0) is 6.92 Å². The van der Waals surface area contributed by atoms with Crippen LogP contribution in [-0.2, 0) is 4.79 Å². The minimum Gasteiger partial charge on any atom is -0.481 e. The van der Waals surface area contributed by atoms with Crippen LogP contribution in [0.2, 0.25) is 0 Å². The number of hydrogen-bond acceptors (Lipinski definition) is 2. The summed E-state index contributed by atoms with van der Waals surface area (Å²) in [7, 11) is 0. The molecule has 3 N–H and O–H groups in total. The van der Waals surface area contributed by atoms with Crippen molar-refractivity contribution in [2.75, 3.05) is 13.1 Å². The molecule has 0 aromatic carbocycles. The van der Waals surface area contributed by atoms with Crippen LogP contribution >= 0.6 is 0 Å². The highest BCUT2D eigenvalue weighted by molar-refractivity contribution is 5.74. The zero-order valence-corrected chi connectivity index (χ0v) is 8.09. The van der Waals surface area contributed by atoms with E-state index in [0.717, 1.165) is 0 Å². The number of nitrogens with one attached hydrogen (secondary N) is 2. The summed E-state index contributed by atoms with van der Waals surface area (Å²) in [5, 5.41) is 13.2. The number of rotatable bonds is 5. The van der Waals surface area contributed by atoms with Gasteiger partial charge < -0.3 is 15.7 Å². The zero-order valence-electron chi connectivity index (χ0n) is 8.09. The summed E-state index contributed by atoms with van der Waals surface area (Å²) in [6.45, 7) is 2.34. The standard InChI is InChI=1S/C9H14N2O3/c1-2-3-4-6-10-9(14)11-7-5-8(12)13/h4-7H2,1H3,(H,12,13)(H2,10,11,14). The molecule has 14 heavy (non-hydrogen) atoms. The highest BCUT2D eigenvalue weighted by Gasteiger charge is 1.99. The van der Waals surface area contributed by atoms with E-state index in [0.29, 0.717) is 13.0 Å². The fraction of sp³-hybridized carbons (Fsp3) is 0.556. The second-order valence-corrected chi connectivity index (χ2v) is 2.50. The van der Waals surface area contributed by atoms with Gasteiger partial charge in [-0.15, -0.1) is 11.8 Å². The van der Waals surface area contributed by atoms with Crippen LogP contribution < -0.4 is 10.6 Å². The van der Waals surface area contributed by atoms with E-state index in [1.165, 1.54) is 0 Å². The molecule has 0 heterocycles. The van der Waals surface area contributed by atoms with Gasteiger partial charge in [0.15, 0.2) is 0 Å². The van der Waals surface area contributed by atoms with E-state index in [9.17, 15) is 9.59 Å². The Morgan fingerprint density at radius 3 is 2.50 bits per heavy atom. The predicted molar refractivity (Wildman–Crippen MR) is 51.7 cm³/mol. The third-order valence-electron chi connectivity index (χ3n) is 1.34. The first-order valence-corrected chi connectivity index (χ1v) is 4.30. The SMILES string of the molecule is CC#CCCNC(=O)NCCC(=O)O. The van der Waals surface area contributed by atoms with Crippen molar-refractivity contribution in [2.24, 2.45) is 0 Å². The maximum atomic E-state index is 10.9. The average molecular weight is 198 g/mol. The van der Waals surface area contributed by atoms with Crippen molar-refractivity contribution in [1.29, 1.82) is 0 Å². The Hall–Kier alpha value is -1.70. The lowest BCUT2D eigenvalue weighted by atomic mass is 10.4. The molecule has 0 aromatic heterocycles. The Morgan fingerprint density at radius 1 is 1.29 bits per heavy atom. The Bertz CT molecular complexity index is 253. The van der Waals surface area contributed by atoms with Gasteiger partial charge in [-0.25, -0.2) is 4.79 Å². The summed E-state index contributed by atoms with van der Waals surface area (Å²) in [4.78, 5) is 21.0. The van der Waals surface area contributed by atoms with Crippen LogP contribution in [0.3, 0.4) is 0 Å². The summed E-state index contributed by atoms with van der Waals surface area (Å²) >= 11 is 0. The predicted octanol–water partition coefficient (Wildman–Crippen LogP) is 0.174. The Balaban J connectivity index is 3.35. The molecule has 0 spiro atoms. The molecular weight excluding hydrogens is 184 g/mol. The third-order valence-corrected chi connectivity index (χ3v) is 1.34. The van der Waals surface area contributed by atoms with Crippen molar-refractivity contribution in [3.05, 3.63) is 0 Å². The number of amides is 2. The highest BCUT2D eigenvalue weighted by Crippen LogP contribution is 1.76. The molecule has 0 aliphatic heterocycles. The zero-order chi connectivity index (χ0) is 10.8. The first-order chi connectivity index (χ1) is 6.66. The van der Waals surface area contributed by atoms with E-state index in [1.807, 2.05) is 0 Å². The van der Waals surface area contributed by atoms with Crippen LogP contribution in [0.15, 0.2) is 0 Å². The van der Waals surface area contributed by atoms with Crippen molar-refractivity contribution in [3.63, 3.8) is 0 Å². The van der Waals surface area contributed by atoms with Gasteiger partial charge in [0.05, 0.1) is 6.42 Å². The van der Waals surface area contributed by atoms with Gasteiger partial charge in [-0.1, -0.05) is 0 Å². The fourth-order valence-electron chi connectivity index (χ4n) is 0.709. The molecule has 0 aliphatic rings. The molecule has 0 aliphatic carbocycles. The van der Waals surface area contributed by atoms with E-state index in [-0.39, 0.29) is 19.0 Å². The van der Waals surface area contributed by atoms with Gasteiger partial charge in [-0.2, -0.15) is 0 Å². The van der Waals surface area contributed by atoms with Gasteiger partial charge in [0.25, 0.3) is 0 Å². The molecule has 5 nitrogen and oxygen atoms in total. The average Bonchev–Trinajstić information content (AvgIpc) is 2.12. The lowest BCUT2D eigenvalue weighted by molar-refractivity contribution is -0.136. The molecule has 0 saturated carbocycles. The smallest absolute Gasteiger partial charge is 0.314 e. The topological polar surface area (TPSA) is 78.4 Å². The van der Waals surface area contributed by atoms with Crippen LogP contribution in [0.25, 0.3) is 0 Å². The molecule has 0 rings (SSSR count). The van der Waals surface area contributed by atoms with Crippen molar-refractivity contribution >= 4 is 12.0 Å². The van der Waals surface area contributed by atoms with Crippen molar-refractivity contribution in [2.45, 2.75) is 19.8 Å². The minimum atomic E-state index is -0.929. The number of carbonyl (C=O) groups excluding carboxylic acids is 1. The van der Waals surface area contributed by atoms with Gasteiger partial charge in [0.2, 0.25) is 0 Å². The van der Waals surface area contributed by atoms with Gasteiger partial charge >= 0.3 is 12.0 Å². The first kappa shape index (κ1) is 12.3. The quantitative estimate of drug-likeness (QED) is 0.435. The summed E-state index contributed by atoms with van der Waals surface area (Å²) < 4.78 is 0. The normalized spacial score (nSPS) is 8.36. The van der Waals surface area contributed by atoms with E-state index < -0.39 is 5.97 Å². The van der Waals surface area contributed by atoms with Gasteiger partial charge in [0, 0.05) is 19.5 Å². The third kappa shape index (κ3) is 8.40. The van der Waals surface area contributed by atoms with Crippen LogP contribution in [0.5, 0.6) is 0 Å². The van der Waals surface area contributed by atoms with Crippen LogP contribution in [-0.4, -0.2) is 30.2 Å².